The Hall–Kier alpha value is -0.770. The fourth-order valence-corrected chi connectivity index (χ4v) is 0.867. The Morgan fingerprint density at radius 2 is 2.33 bits per heavy atom. The maximum atomic E-state index is 10.6. The van der Waals surface area contributed by atoms with Crippen LogP contribution in [0, 0.1) is 0 Å². The van der Waals surface area contributed by atoms with Gasteiger partial charge in [-0.2, -0.15) is 0 Å². The molecule has 1 aliphatic heterocycles. The molecule has 0 saturated carbocycles. The van der Waals surface area contributed by atoms with Crippen LogP contribution in [0.2, 0.25) is 0 Å². The third-order valence-electron chi connectivity index (χ3n) is 1.46. The summed E-state index contributed by atoms with van der Waals surface area (Å²) in [6, 6.07) is 0.0109. The van der Waals surface area contributed by atoms with Crippen LogP contribution >= 0.6 is 0 Å². The van der Waals surface area contributed by atoms with Crippen LogP contribution in [0.4, 0.5) is 4.79 Å². The Kier molecular flexibility index (Phi) is 2.57. The molecule has 1 atom stereocenters. The van der Waals surface area contributed by atoms with Crippen LogP contribution in [0.3, 0.4) is 0 Å². The molecule has 0 bridgehead atoms. The molecule has 0 aromatic rings. The van der Waals surface area contributed by atoms with Crippen LogP contribution in [0.5, 0.6) is 0 Å². The minimum atomic E-state index is -0.350. The summed E-state index contributed by atoms with van der Waals surface area (Å²) in [4.78, 5) is 10.6. The average molecular weight is 173 g/mol. The molecule has 1 aliphatic rings. The maximum Gasteiger partial charge on any atom is 0.407 e. The van der Waals surface area contributed by atoms with E-state index in [0.29, 0.717) is 13.2 Å². The zero-order chi connectivity index (χ0) is 9.19. The molecule has 4 nitrogen and oxygen atoms in total. The molecule has 0 aromatic carbocycles. The van der Waals surface area contributed by atoms with E-state index in [4.69, 9.17) is 9.47 Å². The fraction of sp³-hybridized carbons (Fsp3) is 0.875. The van der Waals surface area contributed by atoms with Gasteiger partial charge in [-0.15, -0.1) is 0 Å². The predicted molar refractivity (Wildman–Crippen MR) is 44.0 cm³/mol. The highest BCUT2D eigenvalue weighted by Crippen LogP contribution is 2.08. The SMILES string of the molecule is CC(C)(C)OCC1COC(=O)N1. The van der Waals surface area contributed by atoms with Gasteiger partial charge in [0.05, 0.1) is 18.2 Å². The van der Waals surface area contributed by atoms with Gasteiger partial charge >= 0.3 is 6.09 Å². The van der Waals surface area contributed by atoms with E-state index in [1.54, 1.807) is 0 Å². The van der Waals surface area contributed by atoms with Crippen molar-refractivity contribution >= 4 is 6.09 Å². The molecule has 1 amide bonds. The topological polar surface area (TPSA) is 47.6 Å². The number of cyclic esters (lactones) is 1. The van der Waals surface area contributed by atoms with Crippen LogP contribution in [0.1, 0.15) is 20.8 Å². The fourth-order valence-electron chi connectivity index (χ4n) is 0.867. The monoisotopic (exact) mass is 173 g/mol. The van der Waals surface area contributed by atoms with Gasteiger partial charge in [0.15, 0.2) is 0 Å². The van der Waals surface area contributed by atoms with E-state index in [1.807, 2.05) is 20.8 Å². The first kappa shape index (κ1) is 9.32. The molecule has 0 spiro atoms. The van der Waals surface area contributed by atoms with Gasteiger partial charge in [0.25, 0.3) is 0 Å². The standard InChI is InChI=1S/C8H15NO3/c1-8(2,3)12-5-6-4-11-7(10)9-6/h6H,4-5H2,1-3H3,(H,9,10). The molecule has 70 valence electrons. The van der Waals surface area contributed by atoms with Gasteiger partial charge in [-0.1, -0.05) is 0 Å². The lowest BCUT2D eigenvalue weighted by atomic mass is 10.2. The van der Waals surface area contributed by atoms with E-state index < -0.39 is 0 Å². The third-order valence-corrected chi connectivity index (χ3v) is 1.46. The van der Waals surface area contributed by atoms with Gasteiger partial charge < -0.3 is 14.8 Å². The molecule has 1 heterocycles. The molecule has 1 rings (SSSR count). The van der Waals surface area contributed by atoms with Crippen molar-refractivity contribution in [1.82, 2.24) is 5.32 Å². The lowest BCUT2D eigenvalue weighted by Crippen LogP contribution is -2.34. The first-order chi connectivity index (χ1) is 5.47. The first-order valence-electron chi connectivity index (χ1n) is 4.04. The number of nitrogens with one attached hydrogen (secondary N) is 1. The van der Waals surface area contributed by atoms with Gasteiger partial charge in [0.1, 0.15) is 6.61 Å². The lowest BCUT2D eigenvalue weighted by Gasteiger charge is -2.21. The summed E-state index contributed by atoms with van der Waals surface area (Å²) in [5, 5.41) is 2.64. The summed E-state index contributed by atoms with van der Waals surface area (Å²) in [7, 11) is 0. The van der Waals surface area contributed by atoms with Gasteiger partial charge in [-0.05, 0) is 20.8 Å². The highest BCUT2D eigenvalue weighted by atomic mass is 16.6. The van der Waals surface area contributed by atoms with E-state index >= 15 is 0 Å². The van der Waals surface area contributed by atoms with Crippen molar-refractivity contribution in [1.29, 1.82) is 0 Å². The van der Waals surface area contributed by atoms with E-state index in [1.165, 1.54) is 0 Å². The Morgan fingerprint density at radius 3 is 2.75 bits per heavy atom. The van der Waals surface area contributed by atoms with Gasteiger partial charge in [0.2, 0.25) is 0 Å². The van der Waals surface area contributed by atoms with Crippen molar-refractivity contribution in [3.63, 3.8) is 0 Å². The molecule has 1 unspecified atom stereocenters. The largest absolute Gasteiger partial charge is 0.447 e. The first-order valence-corrected chi connectivity index (χ1v) is 4.04. The second-order valence-corrected chi connectivity index (χ2v) is 3.86. The number of ether oxygens (including phenoxy) is 2. The van der Waals surface area contributed by atoms with Crippen molar-refractivity contribution < 1.29 is 14.3 Å². The number of alkyl carbamates (subject to hydrolysis) is 1. The Labute approximate surface area is 72.2 Å². The number of carbonyl (C=O) groups is 1. The Balaban J connectivity index is 2.20. The second-order valence-electron chi connectivity index (χ2n) is 3.86. The molecule has 4 heteroatoms. The smallest absolute Gasteiger partial charge is 0.407 e. The number of carbonyl (C=O) groups excluding carboxylic acids is 1. The zero-order valence-electron chi connectivity index (χ0n) is 7.72. The van der Waals surface area contributed by atoms with Gasteiger partial charge in [-0.25, -0.2) is 4.79 Å². The van der Waals surface area contributed by atoms with Crippen molar-refractivity contribution in [3.05, 3.63) is 0 Å². The molecular weight excluding hydrogens is 158 g/mol. The molecule has 0 radical (unpaired) electrons. The second kappa shape index (κ2) is 3.31. The minimum absolute atomic E-state index is 0.0109. The summed E-state index contributed by atoms with van der Waals surface area (Å²) in [6.07, 6.45) is -0.350. The summed E-state index contributed by atoms with van der Waals surface area (Å²) in [5.41, 5.74) is -0.159. The van der Waals surface area contributed by atoms with Crippen molar-refractivity contribution in [2.45, 2.75) is 32.4 Å². The Morgan fingerprint density at radius 1 is 1.67 bits per heavy atom. The molecule has 1 N–H and O–H groups in total. The number of rotatable bonds is 2. The van der Waals surface area contributed by atoms with Crippen LogP contribution in [0.25, 0.3) is 0 Å². The van der Waals surface area contributed by atoms with Crippen LogP contribution in [0.15, 0.2) is 0 Å². The van der Waals surface area contributed by atoms with Gasteiger partial charge in [0, 0.05) is 0 Å². The van der Waals surface area contributed by atoms with E-state index in [9.17, 15) is 4.79 Å². The van der Waals surface area contributed by atoms with Crippen molar-refractivity contribution in [2.24, 2.45) is 0 Å². The highest BCUT2D eigenvalue weighted by Gasteiger charge is 2.24. The van der Waals surface area contributed by atoms with Crippen molar-refractivity contribution in [3.8, 4) is 0 Å². The summed E-state index contributed by atoms with van der Waals surface area (Å²) in [6.45, 7) is 6.85. The van der Waals surface area contributed by atoms with Crippen molar-refractivity contribution in [2.75, 3.05) is 13.2 Å². The van der Waals surface area contributed by atoms with E-state index in [-0.39, 0.29) is 17.7 Å². The molecule has 12 heavy (non-hydrogen) atoms. The van der Waals surface area contributed by atoms with Crippen LogP contribution in [-0.2, 0) is 9.47 Å². The molecule has 0 aliphatic carbocycles. The summed E-state index contributed by atoms with van der Waals surface area (Å²) in [5.74, 6) is 0. The van der Waals surface area contributed by atoms with E-state index in [0.717, 1.165) is 0 Å². The minimum Gasteiger partial charge on any atom is -0.447 e. The number of hydrogen-bond donors (Lipinski definition) is 1. The lowest BCUT2D eigenvalue weighted by molar-refractivity contribution is -0.0130. The Bertz CT molecular complexity index is 174. The van der Waals surface area contributed by atoms with E-state index in [2.05, 4.69) is 5.32 Å². The van der Waals surface area contributed by atoms with Gasteiger partial charge in [-0.3, -0.25) is 0 Å². The zero-order valence-corrected chi connectivity index (χ0v) is 7.72. The predicted octanol–water partition coefficient (Wildman–Crippen LogP) is 0.910. The normalized spacial score (nSPS) is 23.6. The quantitative estimate of drug-likeness (QED) is 0.675. The molecule has 1 saturated heterocycles. The van der Waals surface area contributed by atoms with Crippen LogP contribution in [-0.4, -0.2) is 30.9 Å². The maximum absolute atomic E-state index is 10.6. The highest BCUT2D eigenvalue weighted by molar-refractivity contribution is 5.69. The number of amides is 1. The molecule has 1 fully saturated rings. The number of hydrogen-bond acceptors (Lipinski definition) is 3. The summed E-state index contributed by atoms with van der Waals surface area (Å²) < 4.78 is 10.2. The summed E-state index contributed by atoms with van der Waals surface area (Å²) >= 11 is 0. The average Bonchev–Trinajstić information content (AvgIpc) is 2.30. The van der Waals surface area contributed by atoms with Crippen LogP contribution < -0.4 is 5.32 Å². The third kappa shape index (κ3) is 3.09. The molecular formula is C8H15NO3. The molecule has 0 aromatic heterocycles.